The van der Waals surface area contributed by atoms with Gasteiger partial charge in [-0.15, -0.1) is 0 Å². The van der Waals surface area contributed by atoms with Crippen LogP contribution in [-0.4, -0.2) is 82.8 Å². The van der Waals surface area contributed by atoms with E-state index in [1.807, 2.05) is 62.3 Å². The minimum atomic E-state index is -0.786. The first-order valence-corrected chi connectivity index (χ1v) is 14.0. The van der Waals surface area contributed by atoms with Crippen molar-refractivity contribution >= 4 is 5.97 Å². The van der Waals surface area contributed by atoms with Gasteiger partial charge in [0, 0.05) is 19.8 Å². The topological polar surface area (TPSA) is 104 Å². The summed E-state index contributed by atoms with van der Waals surface area (Å²) < 4.78 is 29.8. The van der Waals surface area contributed by atoms with Crippen LogP contribution >= 0.6 is 0 Å². The van der Waals surface area contributed by atoms with Crippen LogP contribution in [0.1, 0.15) is 116 Å². The van der Waals surface area contributed by atoms with Crippen molar-refractivity contribution in [3.05, 3.63) is 0 Å². The molecule has 8 heteroatoms. The summed E-state index contributed by atoms with van der Waals surface area (Å²) in [5.41, 5.74) is -2.67. The number of carbonyl (C=O) groups excluding carboxylic acids is 1. The molecule has 0 aliphatic carbocycles. The predicted octanol–water partition coefficient (Wildman–Crippen LogP) is 5.45. The first-order chi connectivity index (χ1) is 16.9. The summed E-state index contributed by atoms with van der Waals surface area (Å²) in [4.78, 5) is 11.3. The quantitative estimate of drug-likeness (QED) is 0.218. The van der Waals surface area contributed by atoms with Crippen molar-refractivity contribution in [3.8, 4) is 0 Å². The Morgan fingerprint density at radius 3 is 1.63 bits per heavy atom. The summed E-state index contributed by atoms with van der Waals surface area (Å²) in [5, 5.41) is 21.2. The Bertz CT molecular complexity index is 691. The van der Waals surface area contributed by atoms with E-state index in [4.69, 9.17) is 23.7 Å². The van der Waals surface area contributed by atoms with Crippen molar-refractivity contribution < 1.29 is 38.7 Å². The van der Waals surface area contributed by atoms with Gasteiger partial charge in [-0.05, 0) is 88.0 Å². The maximum atomic E-state index is 11.3. The highest BCUT2D eigenvalue weighted by molar-refractivity contribution is 5.66. The van der Waals surface area contributed by atoms with Crippen molar-refractivity contribution in [3.63, 3.8) is 0 Å². The van der Waals surface area contributed by atoms with Crippen LogP contribution in [-0.2, 0) is 28.5 Å². The molecule has 0 rings (SSSR count). The summed E-state index contributed by atoms with van der Waals surface area (Å²) >= 11 is 0. The van der Waals surface area contributed by atoms with Gasteiger partial charge in [0.2, 0.25) is 0 Å². The average Bonchev–Trinajstić information content (AvgIpc) is 2.66. The molecule has 0 aliphatic rings. The molecule has 228 valence electrons. The fourth-order valence-corrected chi connectivity index (χ4v) is 4.28. The number of rotatable bonds is 18. The van der Waals surface area contributed by atoms with E-state index in [-0.39, 0.29) is 48.8 Å². The molecule has 0 aromatic heterocycles. The zero-order valence-electron chi connectivity index (χ0n) is 26.9. The summed E-state index contributed by atoms with van der Waals surface area (Å²) in [6.07, 6.45) is -0.294. The van der Waals surface area contributed by atoms with Crippen LogP contribution in [0.25, 0.3) is 0 Å². The first-order valence-electron chi connectivity index (χ1n) is 14.0. The number of aliphatic hydroxyl groups is 2. The van der Waals surface area contributed by atoms with Gasteiger partial charge in [0.15, 0.2) is 0 Å². The molecule has 0 saturated heterocycles. The summed E-state index contributed by atoms with van der Waals surface area (Å²) in [7, 11) is 0. The van der Waals surface area contributed by atoms with Gasteiger partial charge >= 0.3 is 5.97 Å². The number of hydrogen-bond acceptors (Lipinski definition) is 8. The van der Waals surface area contributed by atoms with E-state index in [2.05, 4.69) is 13.8 Å². The maximum Gasteiger partial charge on any atom is 0.303 e. The number of ether oxygens (including phenoxy) is 5. The molecule has 8 nitrogen and oxygen atoms in total. The number of esters is 1. The lowest BCUT2D eigenvalue weighted by Gasteiger charge is -2.45. The Labute approximate surface area is 233 Å². The standard InChI is InChI=1S/C30H60O8/c1-21(2)34-20-25(38-29(11,12)16-23(32)18-35-26(4,5)6)17-27(7,8)30(13,14)36-19-24(33)15-28(9,10)37-22(3)31/h21,23-25,32-33H,15-20H2,1-14H3. The zero-order valence-corrected chi connectivity index (χ0v) is 26.9. The minimum Gasteiger partial charge on any atom is -0.460 e. The molecule has 38 heavy (non-hydrogen) atoms. The van der Waals surface area contributed by atoms with Crippen LogP contribution in [0, 0.1) is 5.41 Å². The molecule has 0 fully saturated rings. The van der Waals surface area contributed by atoms with Gasteiger partial charge in [-0.1, -0.05) is 13.8 Å². The van der Waals surface area contributed by atoms with E-state index in [1.54, 1.807) is 13.8 Å². The highest BCUT2D eigenvalue weighted by atomic mass is 16.6. The van der Waals surface area contributed by atoms with Gasteiger partial charge < -0.3 is 33.9 Å². The maximum absolute atomic E-state index is 11.3. The molecule has 0 amide bonds. The molecule has 0 bridgehead atoms. The van der Waals surface area contributed by atoms with E-state index in [1.165, 1.54) is 6.92 Å². The van der Waals surface area contributed by atoms with Crippen molar-refractivity contribution in [2.45, 2.75) is 163 Å². The molecule has 0 radical (unpaired) electrons. The Balaban J connectivity index is 5.34. The second-order valence-electron chi connectivity index (χ2n) is 14.3. The third-order valence-corrected chi connectivity index (χ3v) is 6.69. The Morgan fingerprint density at radius 2 is 1.18 bits per heavy atom. The lowest BCUT2D eigenvalue weighted by molar-refractivity contribution is -0.174. The molecular weight excluding hydrogens is 488 g/mol. The van der Waals surface area contributed by atoms with Crippen LogP contribution in [0.4, 0.5) is 0 Å². The fourth-order valence-electron chi connectivity index (χ4n) is 4.28. The number of hydrogen-bond donors (Lipinski definition) is 2. The normalized spacial score (nSPS) is 16.4. The molecule has 0 aliphatic heterocycles. The molecular formula is C30H60O8. The molecule has 0 spiro atoms. The van der Waals surface area contributed by atoms with E-state index < -0.39 is 29.0 Å². The molecule has 0 heterocycles. The van der Waals surface area contributed by atoms with E-state index in [9.17, 15) is 15.0 Å². The predicted molar refractivity (Wildman–Crippen MR) is 151 cm³/mol. The first kappa shape index (κ1) is 37.2. The van der Waals surface area contributed by atoms with E-state index in [0.717, 1.165) is 0 Å². The van der Waals surface area contributed by atoms with Crippen LogP contribution in [0.15, 0.2) is 0 Å². The van der Waals surface area contributed by atoms with Gasteiger partial charge in [-0.2, -0.15) is 0 Å². The largest absolute Gasteiger partial charge is 0.460 e. The van der Waals surface area contributed by atoms with Crippen LogP contribution < -0.4 is 0 Å². The van der Waals surface area contributed by atoms with Gasteiger partial charge in [-0.3, -0.25) is 4.79 Å². The summed E-state index contributed by atoms with van der Waals surface area (Å²) in [6, 6.07) is 0. The van der Waals surface area contributed by atoms with Crippen molar-refractivity contribution in [1.29, 1.82) is 0 Å². The smallest absolute Gasteiger partial charge is 0.303 e. The summed E-state index contributed by atoms with van der Waals surface area (Å²) in [5.74, 6) is -0.378. The van der Waals surface area contributed by atoms with Crippen molar-refractivity contribution in [1.82, 2.24) is 0 Å². The second-order valence-corrected chi connectivity index (χ2v) is 14.3. The van der Waals surface area contributed by atoms with Gasteiger partial charge in [0.25, 0.3) is 0 Å². The molecule has 0 aromatic rings. The van der Waals surface area contributed by atoms with Crippen molar-refractivity contribution in [2.24, 2.45) is 5.41 Å². The molecule has 0 saturated carbocycles. The van der Waals surface area contributed by atoms with Gasteiger partial charge in [-0.25, -0.2) is 0 Å². The second kappa shape index (κ2) is 14.7. The van der Waals surface area contributed by atoms with Crippen molar-refractivity contribution in [2.75, 3.05) is 19.8 Å². The molecule has 3 atom stereocenters. The third kappa shape index (κ3) is 16.4. The van der Waals surface area contributed by atoms with Crippen LogP contribution in [0.2, 0.25) is 0 Å². The van der Waals surface area contributed by atoms with Crippen LogP contribution in [0.5, 0.6) is 0 Å². The minimum absolute atomic E-state index is 0.0538. The van der Waals surface area contributed by atoms with Gasteiger partial charge in [0.1, 0.15) is 5.60 Å². The Morgan fingerprint density at radius 1 is 0.711 bits per heavy atom. The lowest BCUT2D eigenvalue weighted by Crippen LogP contribution is -2.48. The van der Waals surface area contributed by atoms with Crippen LogP contribution in [0.3, 0.4) is 0 Å². The van der Waals surface area contributed by atoms with E-state index >= 15 is 0 Å². The van der Waals surface area contributed by atoms with Gasteiger partial charge in [0.05, 0.1) is 61.0 Å². The number of carbonyl (C=O) groups is 1. The van der Waals surface area contributed by atoms with E-state index in [0.29, 0.717) is 19.4 Å². The zero-order chi connectivity index (χ0) is 30.2. The monoisotopic (exact) mass is 548 g/mol. The highest BCUT2D eigenvalue weighted by Crippen LogP contribution is 2.40. The molecule has 2 N–H and O–H groups in total. The SMILES string of the molecule is CC(=O)OC(C)(C)CC(O)COC(C)(C)C(C)(C)CC(COC(C)C)OC(C)(C)CC(O)COC(C)(C)C. The molecule has 0 aromatic carbocycles. The third-order valence-electron chi connectivity index (χ3n) is 6.69. The molecule has 3 unspecified atom stereocenters. The lowest BCUT2D eigenvalue weighted by atomic mass is 9.73. The summed E-state index contributed by atoms with van der Waals surface area (Å²) in [6.45, 7) is 27.8. The Kier molecular flexibility index (Phi) is 14.4. The highest BCUT2D eigenvalue weighted by Gasteiger charge is 2.42. The Hall–Kier alpha value is -0.770. The fraction of sp³-hybridized carbons (Fsp3) is 0.967. The number of aliphatic hydroxyl groups excluding tert-OH is 2. The average molecular weight is 549 g/mol.